The molecule has 0 spiro atoms. The molecule has 6 heteroatoms. The van der Waals surface area contributed by atoms with E-state index in [1.807, 2.05) is 54.6 Å². The van der Waals surface area contributed by atoms with Gasteiger partial charge in [-0.1, -0.05) is 77.3 Å². The van der Waals surface area contributed by atoms with Crippen LogP contribution in [0, 0.1) is 0 Å². The first-order valence-electron chi connectivity index (χ1n) is 9.94. The molecule has 0 aliphatic carbocycles. The maximum absolute atomic E-state index is 10.7. The molecule has 3 aromatic rings. The van der Waals surface area contributed by atoms with E-state index in [0.29, 0.717) is 21.6 Å². The second-order valence-corrected chi connectivity index (χ2v) is 8.82. The van der Waals surface area contributed by atoms with Crippen LogP contribution in [0.25, 0.3) is 0 Å². The van der Waals surface area contributed by atoms with Crippen molar-refractivity contribution in [3.63, 3.8) is 0 Å². The third-order valence-electron chi connectivity index (χ3n) is 5.55. The molecule has 30 heavy (non-hydrogen) atoms. The van der Waals surface area contributed by atoms with E-state index in [1.165, 1.54) is 0 Å². The summed E-state index contributed by atoms with van der Waals surface area (Å²) in [6.45, 7) is 2.96. The molecule has 0 radical (unpaired) electrons. The van der Waals surface area contributed by atoms with Crippen molar-refractivity contribution in [2.24, 2.45) is 0 Å². The summed E-state index contributed by atoms with van der Waals surface area (Å²) >= 11 is 18.8. The highest BCUT2D eigenvalue weighted by atomic mass is 35.5. The van der Waals surface area contributed by atoms with Crippen LogP contribution in [0.5, 0.6) is 0 Å². The molecule has 0 amide bonds. The molecule has 2 unspecified atom stereocenters. The van der Waals surface area contributed by atoms with Gasteiger partial charge in [-0.2, -0.15) is 0 Å². The van der Waals surface area contributed by atoms with E-state index in [2.05, 4.69) is 21.9 Å². The Balaban J connectivity index is 1.59. The molecular weight excluding hydrogens is 439 g/mol. The highest BCUT2D eigenvalue weighted by molar-refractivity contribution is 6.36. The Labute approximate surface area is 192 Å². The van der Waals surface area contributed by atoms with Gasteiger partial charge in [0.2, 0.25) is 0 Å². The third kappa shape index (κ3) is 4.93. The van der Waals surface area contributed by atoms with Crippen molar-refractivity contribution >= 4 is 40.5 Å². The first-order valence-corrected chi connectivity index (χ1v) is 11.1. The average Bonchev–Trinajstić information content (AvgIpc) is 2.75. The Morgan fingerprint density at radius 1 is 0.867 bits per heavy atom. The van der Waals surface area contributed by atoms with Crippen LogP contribution in [0.2, 0.25) is 15.1 Å². The van der Waals surface area contributed by atoms with E-state index in [-0.39, 0.29) is 6.04 Å². The van der Waals surface area contributed by atoms with Crippen LogP contribution in [0.15, 0.2) is 72.8 Å². The molecule has 1 heterocycles. The highest BCUT2D eigenvalue weighted by Gasteiger charge is 2.30. The van der Waals surface area contributed by atoms with Gasteiger partial charge in [0.1, 0.15) is 0 Å². The Morgan fingerprint density at radius 2 is 1.57 bits per heavy atom. The zero-order valence-electron chi connectivity index (χ0n) is 16.4. The predicted molar refractivity (Wildman–Crippen MR) is 126 cm³/mol. The van der Waals surface area contributed by atoms with Gasteiger partial charge in [0.05, 0.1) is 22.9 Å². The van der Waals surface area contributed by atoms with Gasteiger partial charge in [-0.25, -0.2) is 0 Å². The van der Waals surface area contributed by atoms with E-state index < -0.39 is 6.10 Å². The van der Waals surface area contributed by atoms with Crippen molar-refractivity contribution in [3.8, 4) is 0 Å². The van der Waals surface area contributed by atoms with Crippen molar-refractivity contribution in [1.82, 2.24) is 4.90 Å². The molecule has 1 aliphatic heterocycles. The van der Waals surface area contributed by atoms with E-state index in [1.54, 1.807) is 6.07 Å². The molecule has 1 fully saturated rings. The lowest BCUT2D eigenvalue weighted by Gasteiger charge is -2.44. The fraction of sp³-hybridized carbons (Fsp3) is 0.250. The Kier molecular flexibility index (Phi) is 6.87. The summed E-state index contributed by atoms with van der Waals surface area (Å²) in [5, 5.41) is 12.7. The van der Waals surface area contributed by atoms with Gasteiger partial charge in [0.25, 0.3) is 0 Å². The lowest BCUT2D eigenvalue weighted by Crippen LogP contribution is -2.49. The number of nitrogens with zero attached hydrogens (tertiary/aromatic N) is 2. The third-order valence-corrected chi connectivity index (χ3v) is 6.34. The van der Waals surface area contributed by atoms with Gasteiger partial charge >= 0.3 is 0 Å². The topological polar surface area (TPSA) is 26.7 Å². The Bertz CT molecular complexity index is 982. The van der Waals surface area contributed by atoms with Crippen molar-refractivity contribution < 1.29 is 5.11 Å². The highest BCUT2D eigenvalue weighted by Crippen LogP contribution is 2.37. The molecule has 0 aromatic heterocycles. The minimum atomic E-state index is -0.525. The lowest BCUT2D eigenvalue weighted by molar-refractivity contribution is 0.100. The minimum absolute atomic E-state index is 0.0812. The monoisotopic (exact) mass is 460 g/mol. The largest absolute Gasteiger partial charge is 0.387 e. The summed E-state index contributed by atoms with van der Waals surface area (Å²) < 4.78 is 0. The summed E-state index contributed by atoms with van der Waals surface area (Å²) in [6.07, 6.45) is -0.525. The summed E-state index contributed by atoms with van der Waals surface area (Å²) in [5.41, 5.74) is 3.05. The molecule has 3 aromatic carbocycles. The summed E-state index contributed by atoms with van der Waals surface area (Å²) in [6, 6.07) is 23.4. The fourth-order valence-corrected chi connectivity index (χ4v) is 4.65. The molecule has 1 aliphatic rings. The summed E-state index contributed by atoms with van der Waals surface area (Å²) in [5.74, 6) is 0. The van der Waals surface area contributed by atoms with Crippen LogP contribution < -0.4 is 4.90 Å². The number of anilines is 1. The van der Waals surface area contributed by atoms with Crippen LogP contribution in [-0.4, -0.2) is 36.2 Å². The normalized spacial score (nSPS) is 18.4. The number of piperazine rings is 1. The molecule has 0 saturated carbocycles. The second kappa shape index (κ2) is 9.59. The van der Waals surface area contributed by atoms with Gasteiger partial charge in [-0.3, -0.25) is 4.90 Å². The number of aliphatic hydroxyl groups is 1. The van der Waals surface area contributed by atoms with Crippen LogP contribution in [0.1, 0.15) is 23.3 Å². The van der Waals surface area contributed by atoms with Crippen molar-refractivity contribution in [3.05, 3.63) is 99.0 Å². The first-order chi connectivity index (χ1) is 14.5. The van der Waals surface area contributed by atoms with Crippen LogP contribution in [0.3, 0.4) is 0 Å². The van der Waals surface area contributed by atoms with Crippen LogP contribution in [0.4, 0.5) is 5.69 Å². The number of aliphatic hydroxyl groups excluding tert-OH is 1. The van der Waals surface area contributed by atoms with Gasteiger partial charge in [-0.05, 0) is 41.5 Å². The maximum Gasteiger partial charge on any atom is 0.0916 e. The van der Waals surface area contributed by atoms with Crippen molar-refractivity contribution in [1.29, 1.82) is 0 Å². The van der Waals surface area contributed by atoms with Crippen LogP contribution >= 0.6 is 34.8 Å². The van der Waals surface area contributed by atoms with Gasteiger partial charge < -0.3 is 10.0 Å². The number of rotatable bonds is 5. The summed E-state index contributed by atoms with van der Waals surface area (Å²) in [7, 11) is 0. The molecule has 2 atom stereocenters. The molecule has 0 bridgehead atoms. The second-order valence-electron chi connectivity index (χ2n) is 7.54. The minimum Gasteiger partial charge on any atom is -0.387 e. The number of halogens is 3. The van der Waals surface area contributed by atoms with Crippen LogP contribution in [-0.2, 0) is 0 Å². The van der Waals surface area contributed by atoms with Gasteiger partial charge in [0.15, 0.2) is 0 Å². The Morgan fingerprint density at radius 3 is 2.27 bits per heavy atom. The maximum atomic E-state index is 10.7. The smallest absolute Gasteiger partial charge is 0.0916 e. The average molecular weight is 462 g/mol. The SMILES string of the molecule is OC(CN1CCN(c2ccc(Cl)cc2Cl)C(c2ccc(Cl)cc2)C1)c1ccccc1. The number of benzene rings is 3. The number of hydrogen-bond acceptors (Lipinski definition) is 3. The van der Waals surface area contributed by atoms with Crippen molar-refractivity contribution in [2.45, 2.75) is 12.1 Å². The first kappa shape index (κ1) is 21.5. The molecular formula is C24H23Cl3N2O. The predicted octanol–water partition coefficient (Wildman–Crippen LogP) is 6.24. The van der Waals surface area contributed by atoms with E-state index in [0.717, 1.165) is 36.4 Å². The zero-order valence-corrected chi connectivity index (χ0v) is 18.7. The molecule has 4 rings (SSSR count). The van der Waals surface area contributed by atoms with Crippen molar-refractivity contribution in [2.75, 3.05) is 31.1 Å². The zero-order chi connectivity index (χ0) is 21.1. The van der Waals surface area contributed by atoms with Gasteiger partial charge in [-0.15, -0.1) is 0 Å². The molecule has 1 saturated heterocycles. The van der Waals surface area contributed by atoms with E-state index >= 15 is 0 Å². The molecule has 3 nitrogen and oxygen atoms in total. The van der Waals surface area contributed by atoms with E-state index in [4.69, 9.17) is 34.8 Å². The Hall–Kier alpha value is -1.75. The fourth-order valence-electron chi connectivity index (χ4n) is 4.00. The molecule has 156 valence electrons. The quantitative estimate of drug-likeness (QED) is 0.487. The molecule has 1 N–H and O–H groups in total. The number of hydrogen-bond donors (Lipinski definition) is 1. The lowest BCUT2D eigenvalue weighted by atomic mass is 10.0. The van der Waals surface area contributed by atoms with E-state index in [9.17, 15) is 5.11 Å². The van der Waals surface area contributed by atoms with Gasteiger partial charge in [0, 0.05) is 36.2 Å². The standard InChI is InChI=1S/C24H23Cl3N2O/c25-19-8-6-17(7-9-19)23-15-28(16-24(30)18-4-2-1-3-5-18)12-13-29(23)22-11-10-20(26)14-21(22)27/h1-11,14,23-24,30H,12-13,15-16H2. The number of β-amino-alcohol motifs (C(OH)–C–C–N with tert-alkyl or cyclic N) is 1. The summed E-state index contributed by atoms with van der Waals surface area (Å²) in [4.78, 5) is 4.62.